The van der Waals surface area contributed by atoms with E-state index in [0.29, 0.717) is 18.8 Å². The first kappa shape index (κ1) is 17.3. The Morgan fingerprint density at radius 1 is 0.960 bits per heavy atom. The number of benzene rings is 2. The van der Waals surface area contributed by atoms with Crippen LogP contribution in [0.2, 0.25) is 0 Å². The highest BCUT2D eigenvalue weighted by Crippen LogP contribution is 2.14. The van der Waals surface area contributed by atoms with E-state index in [-0.39, 0.29) is 6.09 Å². The number of hydrogen-bond donors (Lipinski definition) is 0. The fourth-order valence-electron chi connectivity index (χ4n) is 2.92. The smallest absolute Gasteiger partial charge is 0.415 e. The first-order valence-electron chi connectivity index (χ1n) is 8.62. The quantitative estimate of drug-likeness (QED) is 0.839. The minimum Gasteiger partial charge on any atom is -0.497 e. The highest BCUT2D eigenvalue weighted by Gasteiger charge is 2.22. The number of methoxy groups -OCH3 is 1. The van der Waals surface area contributed by atoms with E-state index in [2.05, 4.69) is 17.0 Å². The summed E-state index contributed by atoms with van der Waals surface area (Å²) in [5, 5.41) is 0. The molecule has 0 aromatic heterocycles. The van der Waals surface area contributed by atoms with Crippen LogP contribution in [0.15, 0.2) is 54.6 Å². The van der Waals surface area contributed by atoms with Gasteiger partial charge in [0.2, 0.25) is 0 Å². The Labute approximate surface area is 148 Å². The second-order valence-electron chi connectivity index (χ2n) is 6.11. The van der Waals surface area contributed by atoms with Crippen molar-refractivity contribution >= 4 is 6.09 Å². The van der Waals surface area contributed by atoms with Gasteiger partial charge in [0, 0.05) is 32.7 Å². The van der Waals surface area contributed by atoms with Gasteiger partial charge in [-0.15, -0.1) is 0 Å². The van der Waals surface area contributed by atoms with Gasteiger partial charge >= 0.3 is 6.09 Å². The second kappa shape index (κ2) is 8.53. The van der Waals surface area contributed by atoms with Crippen LogP contribution in [0, 0.1) is 0 Å². The number of amides is 1. The summed E-state index contributed by atoms with van der Waals surface area (Å²) >= 11 is 0. The van der Waals surface area contributed by atoms with Crippen LogP contribution in [0.3, 0.4) is 0 Å². The van der Waals surface area contributed by atoms with Crippen LogP contribution < -0.4 is 9.47 Å². The zero-order valence-corrected chi connectivity index (χ0v) is 14.6. The van der Waals surface area contributed by atoms with E-state index >= 15 is 0 Å². The molecular weight excluding hydrogens is 316 g/mol. The third-order valence-corrected chi connectivity index (χ3v) is 4.43. The van der Waals surface area contributed by atoms with Crippen LogP contribution in [0.25, 0.3) is 0 Å². The zero-order valence-electron chi connectivity index (χ0n) is 14.6. The van der Waals surface area contributed by atoms with Crippen LogP contribution in [-0.4, -0.2) is 55.7 Å². The Morgan fingerprint density at radius 3 is 2.40 bits per heavy atom. The number of carbonyl (C=O) groups is 1. The predicted octanol–water partition coefficient (Wildman–Crippen LogP) is 3.05. The van der Waals surface area contributed by atoms with Gasteiger partial charge in [0.1, 0.15) is 11.5 Å². The highest BCUT2D eigenvalue weighted by molar-refractivity contribution is 5.70. The molecule has 0 spiro atoms. The molecule has 2 aromatic rings. The maximum atomic E-state index is 12.2. The molecule has 1 heterocycles. The van der Waals surface area contributed by atoms with Gasteiger partial charge in [0.25, 0.3) is 0 Å². The second-order valence-corrected chi connectivity index (χ2v) is 6.11. The zero-order chi connectivity index (χ0) is 17.5. The summed E-state index contributed by atoms with van der Waals surface area (Å²) in [6.45, 7) is 4.12. The minimum atomic E-state index is -0.265. The lowest BCUT2D eigenvalue weighted by Crippen LogP contribution is -2.49. The van der Waals surface area contributed by atoms with Gasteiger partial charge in [0.05, 0.1) is 7.11 Å². The van der Waals surface area contributed by atoms with Gasteiger partial charge in [-0.3, -0.25) is 4.90 Å². The van der Waals surface area contributed by atoms with E-state index in [1.807, 2.05) is 30.3 Å². The number of hydrogen-bond acceptors (Lipinski definition) is 4. The van der Waals surface area contributed by atoms with E-state index in [9.17, 15) is 4.79 Å². The van der Waals surface area contributed by atoms with E-state index in [0.717, 1.165) is 31.8 Å². The fraction of sp³-hybridized carbons (Fsp3) is 0.350. The van der Waals surface area contributed by atoms with Crippen molar-refractivity contribution in [2.45, 2.75) is 6.42 Å². The minimum absolute atomic E-state index is 0.265. The molecule has 0 radical (unpaired) electrons. The molecular formula is C20H24N2O3. The van der Waals surface area contributed by atoms with E-state index in [1.165, 1.54) is 5.56 Å². The molecule has 5 heteroatoms. The van der Waals surface area contributed by atoms with Crippen LogP contribution in [-0.2, 0) is 6.42 Å². The summed E-state index contributed by atoms with van der Waals surface area (Å²) in [7, 11) is 1.69. The summed E-state index contributed by atoms with van der Waals surface area (Å²) in [6.07, 6.45) is 0.713. The third-order valence-electron chi connectivity index (χ3n) is 4.43. The fourth-order valence-corrected chi connectivity index (χ4v) is 2.92. The van der Waals surface area contributed by atoms with Gasteiger partial charge in [-0.1, -0.05) is 30.3 Å². The van der Waals surface area contributed by atoms with Crippen molar-refractivity contribution in [1.29, 1.82) is 0 Å². The van der Waals surface area contributed by atoms with Crippen molar-refractivity contribution < 1.29 is 14.3 Å². The average Bonchev–Trinajstić information content (AvgIpc) is 2.67. The number of nitrogens with zero attached hydrogens (tertiary/aromatic N) is 2. The van der Waals surface area contributed by atoms with Crippen molar-refractivity contribution in [1.82, 2.24) is 9.80 Å². The molecule has 5 nitrogen and oxygen atoms in total. The summed E-state index contributed by atoms with van der Waals surface area (Å²) in [5.74, 6) is 1.49. The molecule has 1 aliphatic heterocycles. The molecule has 0 unspecified atom stereocenters. The van der Waals surface area contributed by atoms with Gasteiger partial charge in [0.15, 0.2) is 0 Å². The van der Waals surface area contributed by atoms with Crippen LogP contribution in [0.1, 0.15) is 5.56 Å². The molecule has 0 aliphatic carbocycles. The molecule has 1 aliphatic rings. The number of para-hydroxylation sites is 1. The molecule has 0 saturated carbocycles. The lowest BCUT2D eigenvalue weighted by atomic mass is 10.1. The maximum Gasteiger partial charge on any atom is 0.415 e. The first-order chi connectivity index (χ1) is 12.2. The van der Waals surface area contributed by atoms with Gasteiger partial charge in [-0.25, -0.2) is 4.79 Å². The van der Waals surface area contributed by atoms with Crippen LogP contribution in [0.4, 0.5) is 4.79 Å². The predicted molar refractivity (Wildman–Crippen MR) is 97.2 cm³/mol. The van der Waals surface area contributed by atoms with Crippen LogP contribution >= 0.6 is 0 Å². The Kier molecular flexibility index (Phi) is 5.90. The average molecular weight is 340 g/mol. The van der Waals surface area contributed by atoms with Crippen molar-refractivity contribution in [2.75, 3.05) is 39.8 Å². The third kappa shape index (κ3) is 4.97. The van der Waals surface area contributed by atoms with Crippen molar-refractivity contribution in [3.63, 3.8) is 0 Å². The van der Waals surface area contributed by atoms with Gasteiger partial charge in [-0.2, -0.15) is 0 Å². The highest BCUT2D eigenvalue weighted by atomic mass is 16.6. The number of ether oxygens (including phenoxy) is 2. The monoisotopic (exact) mass is 340 g/mol. The van der Waals surface area contributed by atoms with E-state index < -0.39 is 0 Å². The molecule has 0 bridgehead atoms. The molecule has 2 aromatic carbocycles. The van der Waals surface area contributed by atoms with Crippen LogP contribution in [0.5, 0.6) is 11.5 Å². The molecule has 1 fully saturated rings. The Hall–Kier alpha value is -2.53. The lowest BCUT2D eigenvalue weighted by molar-refractivity contribution is 0.111. The summed E-state index contributed by atoms with van der Waals surface area (Å²) in [5.41, 5.74) is 1.27. The molecule has 25 heavy (non-hydrogen) atoms. The molecule has 0 atom stereocenters. The molecule has 1 amide bonds. The number of piperazine rings is 1. The van der Waals surface area contributed by atoms with E-state index in [4.69, 9.17) is 9.47 Å². The van der Waals surface area contributed by atoms with Crippen molar-refractivity contribution in [3.8, 4) is 11.5 Å². The SMILES string of the molecule is COc1cccc(CCN2CCN(C(=O)Oc3ccccc3)CC2)c1. The Bertz CT molecular complexity index is 682. The van der Waals surface area contributed by atoms with Gasteiger partial charge < -0.3 is 14.4 Å². The molecule has 132 valence electrons. The molecule has 3 rings (SSSR count). The topological polar surface area (TPSA) is 42.0 Å². The Balaban J connectivity index is 1.43. The maximum absolute atomic E-state index is 12.2. The molecule has 0 N–H and O–H groups in total. The number of carbonyl (C=O) groups excluding carboxylic acids is 1. The lowest BCUT2D eigenvalue weighted by Gasteiger charge is -2.34. The van der Waals surface area contributed by atoms with Crippen molar-refractivity contribution in [3.05, 3.63) is 60.2 Å². The van der Waals surface area contributed by atoms with E-state index in [1.54, 1.807) is 24.1 Å². The van der Waals surface area contributed by atoms with Gasteiger partial charge in [-0.05, 0) is 36.2 Å². The Morgan fingerprint density at radius 2 is 1.68 bits per heavy atom. The summed E-state index contributed by atoms with van der Waals surface area (Å²) in [4.78, 5) is 16.3. The van der Waals surface area contributed by atoms with Crippen molar-refractivity contribution in [2.24, 2.45) is 0 Å². The first-order valence-corrected chi connectivity index (χ1v) is 8.62. The number of rotatable bonds is 5. The normalized spacial score (nSPS) is 15.0. The summed E-state index contributed by atoms with van der Waals surface area (Å²) in [6, 6.07) is 17.4. The summed E-state index contributed by atoms with van der Waals surface area (Å²) < 4.78 is 10.7. The largest absolute Gasteiger partial charge is 0.497 e. The molecule has 1 saturated heterocycles. The standard InChI is InChI=1S/C20H24N2O3/c1-24-19-9-5-6-17(16-19)10-11-21-12-14-22(15-13-21)20(23)25-18-7-3-2-4-8-18/h2-9,16H,10-15H2,1H3.